The third kappa shape index (κ3) is 6.07. The van der Waals surface area contributed by atoms with Gasteiger partial charge in [0.25, 0.3) is 0 Å². The topological polar surface area (TPSA) is 81.6 Å². The Balaban J connectivity index is 0.00000288. The number of nitrogens with one attached hydrogen (secondary N) is 1. The summed E-state index contributed by atoms with van der Waals surface area (Å²) in [5.41, 5.74) is 1.72. The second-order valence-corrected chi connectivity index (χ2v) is 5.25. The molecule has 0 saturated heterocycles. The van der Waals surface area contributed by atoms with Crippen molar-refractivity contribution in [1.29, 1.82) is 0 Å². The number of rotatable bonds is 8. The van der Waals surface area contributed by atoms with Crippen LogP contribution < -0.4 is 44.7 Å². The number of aromatic hydroxyl groups is 1. The average molecular weight is 337 g/mol. The molecule has 0 fully saturated rings. The second kappa shape index (κ2) is 10.2. The zero-order valence-corrected chi connectivity index (χ0v) is 16.0. The quantitative estimate of drug-likeness (QED) is 0.375. The van der Waals surface area contributed by atoms with Gasteiger partial charge >= 0.3 is 29.6 Å². The van der Waals surface area contributed by atoms with E-state index in [-0.39, 0.29) is 40.9 Å². The van der Waals surface area contributed by atoms with Gasteiger partial charge in [0, 0.05) is 17.8 Å². The number of aromatic carboxylic acids is 1. The molecule has 24 heavy (non-hydrogen) atoms. The van der Waals surface area contributed by atoms with Gasteiger partial charge in [-0.1, -0.05) is 12.1 Å². The normalized spacial score (nSPS) is 9.88. The zero-order valence-electron chi connectivity index (χ0n) is 14.0. The van der Waals surface area contributed by atoms with Gasteiger partial charge in [-0.15, -0.1) is 0 Å². The van der Waals surface area contributed by atoms with Gasteiger partial charge in [0.15, 0.2) is 0 Å². The summed E-state index contributed by atoms with van der Waals surface area (Å²) in [5.74, 6) is -0.813. The van der Waals surface area contributed by atoms with Crippen LogP contribution >= 0.6 is 0 Å². The number of benzene rings is 2. The van der Waals surface area contributed by atoms with E-state index >= 15 is 0 Å². The van der Waals surface area contributed by atoms with Gasteiger partial charge < -0.3 is 25.1 Å². The summed E-state index contributed by atoms with van der Waals surface area (Å²) in [7, 11) is 1.65. The summed E-state index contributed by atoms with van der Waals surface area (Å²) in [6.45, 7) is 0.730. The molecule has 0 unspecified atom stereocenters. The van der Waals surface area contributed by atoms with E-state index in [4.69, 9.17) is 4.74 Å². The Hall–Kier alpha value is -1.69. The maximum atomic E-state index is 10.8. The first kappa shape index (κ1) is 20.4. The number of methoxy groups -OCH3 is 1. The Morgan fingerprint density at radius 2 is 1.88 bits per heavy atom. The van der Waals surface area contributed by atoms with Crippen molar-refractivity contribution in [2.24, 2.45) is 0 Å². The molecule has 0 radical (unpaired) electrons. The monoisotopic (exact) mass is 337 g/mol. The molecule has 2 N–H and O–H groups in total. The molecule has 0 aromatic heterocycles. The smallest absolute Gasteiger partial charge is 0.545 e. The molecule has 0 aliphatic rings. The molecule has 0 atom stereocenters. The molecule has 2 aromatic rings. The predicted octanol–water partition coefficient (Wildman–Crippen LogP) is -0.797. The number of hydrogen-bond donors (Lipinski definition) is 2. The number of phenols is 1. The minimum Gasteiger partial charge on any atom is -0.545 e. The fraction of sp³-hybridized carbons (Fsp3) is 0.278. The number of carbonyl (C=O) groups is 1. The number of carboxylic acid groups (broad SMARTS) is 1. The summed E-state index contributed by atoms with van der Waals surface area (Å²) in [6.07, 6.45) is 2.95. The van der Waals surface area contributed by atoms with Crippen molar-refractivity contribution in [2.45, 2.75) is 19.3 Å². The number of carboxylic acids is 1. The Kier molecular flexibility index (Phi) is 8.68. The second-order valence-electron chi connectivity index (χ2n) is 5.25. The van der Waals surface area contributed by atoms with Crippen LogP contribution in [0.1, 0.15) is 28.8 Å². The Labute approximate surface area is 164 Å². The average Bonchev–Trinajstić information content (AvgIpc) is 2.56. The van der Waals surface area contributed by atoms with E-state index in [0.29, 0.717) is 5.69 Å². The van der Waals surface area contributed by atoms with Gasteiger partial charge in [0.1, 0.15) is 11.5 Å². The maximum absolute atomic E-state index is 10.8. The third-order valence-corrected chi connectivity index (χ3v) is 3.60. The van der Waals surface area contributed by atoms with Crippen molar-refractivity contribution in [2.75, 3.05) is 19.0 Å². The van der Waals surface area contributed by atoms with E-state index < -0.39 is 5.97 Å². The van der Waals surface area contributed by atoms with Crippen LogP contribution in [0.2, 0.25) is 0 Å². The molecule has 2 rings (SSSR count). The molecule has 0 aliphatic carbocycles. The summed E-state index contributed by atoms with van der Waals surface area (Å²) in [6, 6.07) is 12.4. The number of anilines is 1. The maximum Gasteiger partial charge on any atom is 1.00 e. The first-order valence-corrected chi connectivity index (χ1v) is 7.51. The molecule has 0 saturated carbocycles. The Morgan fingerprint density at radius 3 is 2.50 bits per heavy atom. The predicted molar refractivity (Wildman–Crippen MR) is 86.9 cm³/mol. The van der Waals surface area contributed by atoms with Crippen LogP contribution in [0.4, 0.5) is 5.69 Å². The van der Waals surface area contributed by atoms with Gasteiger partial charge in [-0.2, -0.15) is 0 Å². The van der Waals surface area contributed by atoms with Crippen LogP contribution in [-0.4, -0.2) is 24.7 Å². The van der Waals surface area contributed by atoms with Gasteiger partial charge in [0.05, 0.1) is 13.1 Å². The van der Waals surface area contributed by atoms with Crippen LogP contribution in [0.5, 0.6) is 11.5 Å². The summed E-state index contributed by atoms with van der Waals surface area (Å²) >= 11 is 0. The minimum absolute atomic E-state index is 0. The van der Waals surface area contributed by atoms with Crippen molar-refractivity contribution in [3.8, 4) is 11.5 Å². The fourth-order valence-corrected chi connectivity index (χ4v) is 2.29. The molecule has 5 nitrogen and oxygen atoms in total. The van der Waals surface area contributed by atoms with Crippen LogP contribution in [-0.2, 0) is 6.42 Å². The molecule has 122 valence electrons. The summed E-state index contributed by atoms with van der Waals surface area (Å²) < 4.78 is 5.12. The zero-order chi connectivity index (χ0) is 16.7. The van der Waals surface area contributed by atoms with E-state index in [1.54, 1.807) is 13.2 Å². The van der Waals surface area contributed by atoms with Crippen molar-refractivity contribution in [1.82, 2.24) is 0 Å². The van der Waals surface area contributed by atoms with Gasteiger partial charge in [-0.05, 0) is 55.2 Å². The molecule has 6 heteroatoms. The van der Waals surface area contributed by atoms with E-state index in [0.717, 1.165) is 31.6 Å². The molecule has 0 heterocycles. The molecule has 0 spiro atoms. The molecule has 0 bridgehead atoms. The van der Waals surface area contributed by atoms with Crippen molar-refractivity contribution in [3.63, 3.8) is 0 Å². The minimum atomic E-state index is -1.38. The van der Waals surface area contributed by atoms with E-state index in [9.17, 15) is 15.0 Å². The number of hydrogen-bond acceptors (Lipinski definition) is 5. The van der Waals surface area contributed by atoms with E-state index in [2.05, 4.69) is 17.4 Å². The first-order chi connectivity index (χ1) is 11.1. The summed E-state index contributed by atoms with van der Waals surface area (Å²) in [5, 5.41) is 23.4. The van der Waals surface area contributed by atoms with E-state index in [1.165, 1.54) is 17.7 Å². The van der Waals surface area contributed by atoms with Crippen LogP contribution in [0.15, 0.2) is 42.5 Å². The van der Waals surface area contributed by atoms with Gasteiger partial charge in [-0.25, -0.2) is 0 Å². The number of ether oxygens (including phenoxy) is 1. The van der Waals surface area contributed by atoms with E-state index in [1.807, 2.05) is 12.1 Å². The van der Waals surface area contributed by atoms with Crippen molar-refractivity contribution in [3.05, 3.63) is 53.6 Å². The molecular formula is C18H20NNaO4. The fourth-order valence-electron chi connectivity index (χ4n) is 2.29. The van der Waals surface area contributed by atoms with Crippen molar-refractivity contribution >= 4 is 11.7 Å². The largest absolute Gasteiger partial charge is 1.00 e. The SMILES string of the molecule is COc1ccc(CCCCNc2ccc(O)c(C(=O)[O-])c2)cc1.[Na+]. The number of unbranched alkanes of at least 4 members (excludes halogenated alkanes) is 1. The summed E-state index contributed by atoms with van der Waals surface area (Å²) in [4.78, 5) is 10.8. The number of carbonyl (C=O) groups excluding carboxylic acids is 1. The molecule has 0 aliphatic heterocycles. The number of aryl methyl sites for hydroxylation is 1. The third-order valence-electron chi connectivity index (χ3n) is 3.60. The molecular weight excluding hydrogens is 317 g/mol. The molecule has 0 amide bonds. The van der Waals surface area contributed by atoms with Gasteiger partial charge in [-0.3, -0.25) is 0 Å². The van der Waals surface area contributed by atoms with Gasteiger partial charge in [0.2, 0.25) is 0 Å². The van der Waals surface area contributed by atoms with Crippen molar-refractivity contribution < 1.29 is 49.3 Å². The molecule has 2 aromatic carbocycles. The van der Waals surface area contributed by atoms with Crippen LogP contribution in [0, 0.1) is 0 Å². The first-order valence-electron chi connectivity index (χ1n) is 7.51. The Morgan fingerprint density at radius 1 is 1.17 bits per heavy atom. The Bertz CT molecular complexity index is 659. The standard InChI is InChI=1S/C18H21NO4.Na/c1-23-15-8-5-13(6-9-15)4-2-3-11-19-14-7-10-17(20)16(12-14)18(21)22;/h5-10,12,19-20H,2-4,11H2,1H3,(H,21,22);/q;+1/p-1. The van der Waals surface area contributed by atoms with Crippen LogP contribution in [0.3, 0.4) is 0 Å². The van der Waals surface area contributed by atoms with Crippen LogP contribution in [0.25, 0.3) is 0 Å².